The highest BCUT2D eigenvalue weighted by molar-refractivity contribution is 5.79. The Bertz CT molecular complexity index is 605. The monoisotopic (exact) mass is 267 g/mol. The van der Waals surface area contributed by atoms with E-state index in [1.54, 1.807) is 6.92 Å². The van der Waals surface area contributed by atoms with E-state index in [1.807, 2.05) is 24.3 Å². The fraction of sp³-hybridized carbons (Fsp3) is 0.235. The molecule has 1 atom stereocenters. The molecule has 3 nitrogen and oxygen atoms in total. The number of rotatable bonds is 4. The third-order valence-electron chi connectivity index (χ3n) is 3.96. The van der Waals surface area contributed by atoms with Crippen LogP contribution in [0.5, 0.6) is 0 Å². The number of hydrogen-bond acceptors (Lipinski definition) is 2. The predicted molar refractivity (Wildman–Crippen MR) is 78.8 cm³/mol. The van der Waals surface area contributed by atoms with Crippen molar-refractivity contribution in [1.82, 2.24) is 5.32 Å². The average Bonchev–Trinajstić information content (AvgIpc) is 2.79. The molecule has 0 aliphatic heterocycles. The lowest BCUT2D eigenvalue weighted by molar-refractivity contribution is -0.138. The maximum absolute atomic E-state index is 10.9. The minimum Gasteiger partial charge on any atom is -0.480 e. The zero-order valence-corrected chi connectivity index (χ0v) is 11.3. The van der Waals surface area contributed by atoms with Gasteiger partial charge in [-0.25, -0.2) is 0 Å². The van der Waals surface area contributed by atoms with Gasteiger partial charge in [0.15, 0.2) is 0 Å². The molecule has 1 aliphatic rings. The van der Waals surface area contributed by atoms with Crippen LogP contribution >= 0.6 is 0 Å². The second-order valence-electron chi connectivity index (χ2n) is 5.20. The molecule has 1 unspecified atom stereocenters. The summed E-state index contributed by atoms with van der Waals surface area (Å²) < 4.78 is 0. The first-order chi connectivity index (χ1) is 9.68. The summed E-state index contributed by atoms with van der Waals surface area (Å²) in [6.07, 6.45) is 0. The van der Waals surface area contributed by atoms with Crippen LogP contribution < -0.4 is 5.32 Å². The van der Waals surface area contributed by atoms with Crippen molar-refractivity contribution in [2.24, 2.45) is 0 Å². The molecule has 3 rings (SSSR count). The Hall–Kier alpha value is -2.13. The summed E-state index contributed by atoms with van der Waals surface area (Å²) in [7, 11) is 0. The Balaban J connectivity index is 1.93. The Labute approximate surface area is 118 Å². The normalized spacial score (nSPS) is 14.7. The fourth-order valence-electron chi connectivity index (χ4n) is 2.86. The first-order valence-corrected chi connectivity index (χ1v) is 6.83. The van der Waals surface area contributed by atoms with Gasteiger partial charge in [-0.05, 0) is 29.2 Å². The van der Waals surface area contributed by atoms with Gasteiger partial charge >= 0.3 is 5.97 Å². The van der Waals surface area contributed by atoms with Crippen LogP contribution in [-0.2, 0) is 4.79 Å². The SMILES string of the molecule is CC(NCC1c2ccccc2-c2ccccc21)C(=O)O. The van der Waals surface area contributed by atoms with E-state index in [1.165, 1.54) is 22.3 Å². The molecule has 2 aromatic rings. The van der Waals surface area contributed by atoms with Gasteiger partial charge in [0, 0.05) is 12.5 Å². The van der Waals surface area contributed by atoms with Crippen LogP contribution in [0.4, 0.5) is 0 Å². The summed E-state index contributed by atoms with van der Waals surface area (Å²) in [6.45, 7) is 2.32. The predicted octanol–water partition coefficient (Wildman–Crippen LogP) is 2.86. The number of aliphatic carboxylic acids is 1. The number of carboxylic acid groups (broad SMARTS) is 1. The van der Waals surface area contributed by atoms with Crippen LogP contribution in [0.1, 0.15) is 24.0 Å². The zero-order valence-electron chi connectivity index (χ0n) is 11.3. The van der Waals surface area contributed by atoms with Gasteiger partial charge in [0.1, 0.15) is 6.04 Å². The van der Waals surface area contributed by atoms with Crippen molar-refractivity contribution < 1.29 is 9.90 Å². The lowest BCUT2D eigenvalue weighted by Crippen LogP contribution is -2.36. The van der Waals surface area contributed by atoms with Gasteiger partial charge < -0.3 is 10.4 Å². The first-order valence-electron chi connectivity index (χ1n) is 6.83. The third kappa shape index (κ3) is 2.10. The quantitative estimate of drug-likeness (QED) is 0.895. The Morgan fingerprint density at radius 1 is 1.10 bits per heavy atom. The number of carbonyl (C=O) groups is 1. The molecule has 102 valence electrons. The summed E-state index contributed by atoms with van der Waals surface area (Å²) >= 11 is 0. The van der Waals surface area contributed by atoms with Crippen molar-refractivity contribution >= 4 is 5.97 Å². The standard InChI is InChI=1S/C17H17NO2/c1-11(17(19)20)18-10-16-14-8-4-2-6-12(14)13-7-3-5-9-15(13)16/h2-9,11,16,18H,10H2,1H3,(H,19,20). The molecule has 0 aromatic heterocycles. The summed E-state index contributed by atoms with van der Waals surface area (Å²) in [6, 6.07) is 16.2. The van der Waals surface area contributed by atoms with Gasteiger partial charge in [-0.1, -0.05) is 48.5 Å². The summed E-state index contributed by atoms with van der Waals surface area (Å²) in [5.74, 6) is -0.589. The summed E-state index contributed by atoms with van der Waals surface area (Å²) in [5, 5.41) is 12.1. The number of carboxylic acids is 1. The topological polar surface area (TPSA) is 49.3 Å². The number of benzene rings is 2. The van der Waals surface area contributed by atoms with Crippen LogP contribution in [0.25, 0.3) is 11.1 Å². The summed E-state index contributed by atoms with van der Waals surface area (Å²) in [5.41, 5.74) is 5.08. The van der Waals surface area contributed by atoms with E-state index < -0.39 is 12.0 Å². The lowest BCUT2D eigenvalue weighted by Gasteiger charge is -2.16. The van der Waals surface area contributed by atoms with Crippen LogP contribution in [-0.4, -0.2) is 23.7 Å². The van der Waals surface area contributed by atoms with E-state index in [2.05, 4.69) is 29.6 Å². The smallest absolute Gasteiger partial charge is 0.320 e. The van der Waals surface area contributed by atoms with Crippen molar-refractivity contribution in [3.8, 4) is 11.1 Å². The molecule has 0 saturated heterocycles. The van der Waals surface area contributed by atoms with E-state index in [-0.39, 0.29) is 5.92 Å². The number of hydrogen-bond donors (Lipinski definition) is 2. The molecule has 2 N–H and O–H groups in total. The van der Waals surface area contributed by atoms with Crippen molar-refractivity contribution in [3.05, 3.63) is 59.7 Å². The molecule has 3 heteroatoms. The minimum absolute atomic E-state index is 0.226. The molecule has 0 saturated carbocycles. The molecular formula is C17H17NO2. The molecule has 0 heterocycles. The fourth-order valence-corrected chi connectivity index (χ4v) is 2.86. The maximum Gasteiger partial charge on any atom is 0.320 e. The Morgan fingerprint density at radius 2 is 1.60 bits per heavy atom. The highest BCUT2D eigenvalue weighted by Gasteiger charge is 2.28. The van der Waals surface area contributed by atoms with E-state index >= 15 is 0 Å². The highest BCUT2D eigenvalue weighted by Crippen LogP contribution is 2.44. The van der Waals surface area contributed by atoms with Crippen molar-refractivity contribution in [2.45, 2.75) is 18.9 Å². The van der Waals surface area contributed by atoms with Gasteiger partial charge in [-0.2, -0.15) is 0 Å². The van der Waals surface area contributed by atoms with Gasteiger partial charge in [0.2, 0.25) is 0 Å². The molecule has 0 bridgehead atoms. The third-order valence-corrected chi connectivity index (χ3v) is 3.96. The first kappa shape index (κ1) is 12.9. The largest absolute Gasteiger partial charge is 0.480 e. The summed E-state index contributed by atoms with van der Waals surface area (Å²) in [4.78, 5) is 10.9. The van der Waals surface area contributed by atoms with Gasteiger partial charge in [0.25, 0.3) is 0 Å². The zero-order chi connectivity index (χ0) is 14.1. The molecule has 0 radical (unpaired) electrons. The van der Waals surface area contributed by atoms with E-state index in [4.69, 9.17) is 5.11 Å². The van der Waals surface area contributed by atoms with Gasteiger partial charge in [0.05, 0.1) is 0 Å². The van der Waals surface area contributed by atoms with Crippen LogP contribution in [0.3, 0.4) is 0 Å². The highest BCUT2D eigenvalue weighted by atomic mass is 16.4. The molecular weight excluding hydrogens is 250 g/mol. The number of nitrogens with one attached hydrogen (secondary N) is 1. The number of fused-ring (bicyclic) bond motifs is 3. The van der Waals surface area contributed by atoms with E-state index in [0.29, 0.717) is 6.54 Å². The van der Waals surface area contributed by atoms with E-state index in [0.717, 1.165) is 0 Å². The van der Waals surface area contributed by atoms with Crippen molar-refractivity contribution in [2.75, 3.05) is 6.54 Å². The van der Waals surface area contributed by atoms with Gasteiger partial charge in [-0.15, -0.1) is 0 Å². The Morgan fingerprint density at radius 3 is 2.10 bits per heavy atom. The van der Waals surface area contributed by atoms with Crippen LogP contribution in [0.2, 0.25) is 0 Å². The Kier molecular flexibility index (Phi) is 3.28. The van der Waals surface area contributed by atoms with E-state index in [9.17, 15) is 4.79 Å². The van der Waals surface area contributed by atoms with Gasteiger partial charge in [-0.3, -0.25) is 4.79 Å². The molecule has 20 heavy (non-hydrogen) atoms. The molecule has 0 amide bonds. The second kappa shape index (κ2) is 5.10. The maximum atomic E-state index is 10.9. The molecule has 1 aliphatic carbocycles. The molecule has 0 spiro atoms. The molecule has 0 fully saturated rings. The van der Waals surface area contributed by atoms with Crippen molar-refractivity contribution in [3.63, 3.8) is 0 Å². The van der Waals surface area contributed by atoms with Crippen LogP contribution in [0, 0.1) is 0 Å². The second-order valence-corrected chi connectivity index (χ2v) is 5.20. The lowest BCUT2D eigenvalue weighted by atomic mass is 9.97. The average molecular weight is 267 g/mol. The van der Waals surface area contributed by atoms with Crippen LogP contribution in [0.15, 0.2) is 48.5 Å². The minimum atomic E-state index is -0.815. The van der Waals surface area contributed by atoms with Crippen molar-refractivity contribution in [1.29, 1.82) is 0 Å². The molecule has 2 aromatic carbocycles.